The van der Waals surface area contributed by atoms with Gasteiger partial charge in [-0.25, -0.2) is 0 Å². The van der Waals surface area contributed by atoms with Crippen molar-refractivity contribution in [3.8, 4) is 0 Å². The Morgan fingerprint density at radius 2 is 2.00 bits per heavy atom. The second kappa shape index (κ2) is 5.66. The molecule has 3 N–H and O–H groups in total. The van der Waals surface area contributed by atoms with Crippen LogP contribution in [0.3, 0.4) is 0 Å². The molecule has 0 saturated heterocycles. The molecule has 1 atom stereocenters. The maximum absolute atomic E-state index is 11.9. The van der Waals surface area contributed by atoms with Crippen molar-refractivity contribution < 1.29 is 4.79 Å². The monoisotopic (exact) mass is 220 g/mol. The van der Waals surface area contributed by atoms with E-state index in [9.17, 15) is 4.79 Å². The average molecular weight is 220 g/mol. The zero-order valence-corrected chi connectivity index (χ0v) is 9.99. The van der Waals surface area contributed by atoms with Crippen LogP contribution in [0.4, 0.5) is 5.69 Å². The number of hydrogen-bond acceptors (Lipinski definition) is 2. The summed E-state index contributed by atoms with van der Waals surface area (Å²) in [6.45, 7) is 3.87. The van der Waals surface area contributed by atoms with Gasteiger partial charge in [-0.1, -0.05) is 38.0 Å². The molecular formula is C13H20N2O. The molecule has 1 aromatic carbocycles. The molecule has 3 nitrogen and oxygen atoms in total. The number of carbonyl (C=O) groups excluding carboxylic acids is 1. The van der Waals surface area contributed by atoms with Gasteiger partial charge in [0.05, 0.1) is 5.54 Å². The summed E-state index contributed by atoms with van der Waals surface area (Å²) in [5.41, 5.74) is 5.99. The minimum Gasteiger partial charge on any atom is -0.325 e. The van der Waals surface area contributed by atoms with E-state index in [0.717, 1.165) is 18.5 Å². The molecular weight excluding hydrogens is 200 g/mol. The fraction of sp³-hybridized carbons (Fsp3) is 0.462. The fourth-order valence-electron chi connectivity index (χ4n) is 1.45. The van der Waals surface area contributed by atoms with Gasteiger partial charge in [0.15, 0.2) is 0 Å². The number of hydrogen-bond donors (Lipinski definition) is 2. The first-order valence-corrected chi connectivity index (χ1v) is 5.71. The summed E-state index contributed by atoms with van der Waals surface area (Å²) < 4.78 is 0. The number of para-hydroxylation sites is 1. The van der Waals surface area contributed by atoms with Gasteiger partial charge in [-0.15, -0.1) is 0 Å². The summed E-state index contributed by atoms with van der Waals surface area (Å²) in [7, 11) is 0. The molecule has 88 valence electrons. The van der Waals surface area contributed by atoms with Crippen LogP contribution in [0, 0.1) is 0 Å². The van der Waals surface area contributed by atoms with Gasteiger partial charge in [0, 0.05) is 5.69 Å². The van der Waals surface area contributed by atoms with Crippen molar-refractivity contribution in [3.63, 3.8) is 0 Å². The first-order valence-electron chi connectivity index (χ1n) is 5.71. The van der Waals surface area contributed by atoms with Crippen LogP contribution >= 0.6 is 0 Å². The minimum absolute atomic E-state index is 0.118. The van der Waals surface area contributed by atoms with E-state index in [0.29, 0.717) is 6.42 Å². The second-order valence-electron chi connectivity index (χ2n) is 4.34. The molecule has 16 heavy (non-hydrogen) atoms. The number of anilines is 1. The van der Waals surface area contributed by atoms with Crippen LogP contribution in [0.5, 0.6) is 0 Å². The van der Waals surface area contributed by atoms with Crippen LogP contribution in [0.2, 0.25) is 0 Å². The zero-order chi connectivity index (χ0) is 12.0. The summed E-state index contributed by atoms with van der Waals surface area (Å²) in [6.07, 6.45) is 2.72. The summed E-state index contributed by atoms with van der Waals surface area (Å²) in [5.74, 6) is -0.118. The van der Waals surface area contributed by atoms with E-state index in [2.05, 4.69) is 12.2 Å². The van der Waals surface area contributed by atoms with Gasteiger partial charge in [-0.2, -0.15) is 0 Å². The van der Waals surface area contributed by atoms with Crippen LogP contribution in [0.25, 0.3) is 0 Å². The van der Waals surface area contributed by atoms with Gasteiger partial charge in [0.25, 0.3) is 0 Å². The summed E-state index contributed by atoms with van der Waals surface area (Å²) in [5, 5.41) is 2.83. The highest BCUT2D eigenvalue weighted by molar-refractivity contribution is 5.97. The number of unbranched alkanes of at least 4 members (excludes halogenated alkanes) is 1. The number of nitrogens with one attached hydrogen (secondary N) is 1. The molecule has 1 amide bonds. The lowest BCUT2D eigenvalue weighted by molar-refractivity contribution is -0.120. The molecule has 1 unspecified atom stereocenters. The van der Waals surface area contributed by atoms with Gasteiger partial charge >= 0.3 is 0 Å². The third-order valence-electron chi connectivity index (χ3n) is 2.60. The largest absolute Gasteiger partial charge is 0.325 e. The van der Waals surface area contributed by atoms with Gasteiger partial charge in [0.2, 0.25) is 5.91 Å². The van der Waals surface area contributed by atoms with E-state index in [1.54, 1.807) is 6.92 Å². The minimum atomic E-state index is -0.786. The van der Waals surface area contributed by atoms with Crippen LogP contribution in [0.1, 0.15) is 33.1 Å². The van der Waals surface area contributed by atoms with Crippen molar-refractivity contribution in [3.05, 3.63) is 30.3 Å². The molecule has 0 saturated carbocycles. The van der Waals surface area contributed by atoms with E-state index >= 15 is 0 Å². The standard InChI is InChI=1S/C13H20N2O/c1-3-4-10-13(2,14)12(16)15-11-8-6-5-7-9-11/h5-9H,3-4,10,14H2,1-2H3,(H,15,16). The van der Waals surface area contributed by atoms with Crippen molar-refractivity contribution in [2.45, 2.75) is 38.6 Å². The maximum Gasteiger partial charge on any atom is 0.244 e. The van der Waals surface area contributed by atoms with Gasteiger partial charge in [-0.3, -0.25) is 4.79 Å². The van der Waals surface area contributed by atoms with Crippen molar-refractivity contribution in [2.75, 3.05) is 5.32 Å². The van der Waals surface area contributed by atoms with Crippen LogP contribution < -0.4 is 11.1 Å². The highest BCUT2D eigenvalue weighted by Gasteiger charge is 2.27. The average Bonchev–Trinajstić information content (AvgIpc) is 2.28. The number of benzene rings is 1. The van der Waals surface area contributed by atoms with Crippen LogP contribution in [0.15, 0.2) is 30.3 Å². The SMILES string of the molecule is CCCCC(C)(N)C(=O)Nc1ccccc1. The third kappa shape index (κ3) is 3.66. The van der Waals surface area contributed by atoms with Crippen molar-refractivity contribution in [2.24, 2.45) is 5.73 Å². The van der Waals surface area contributed by atoms with E-state index in [-0.39, 0.29) is 5.91 Å². The van der Waals surface area contributed by atoms with Crippen LogP contribution in [-0.2, 0) is 4.79 Å². The topological polar surface area (TPSA) is 55.1 Å². The number of carbonyl (C=O) groups is 1. The fourth-order valence-corrected chi connectivity index (χ4v) is 1.45. The Labute approximate surface area is 97.0 Å². The lowest BCUT2D eigenvalue weighted by Gasteiger charge is -2.23. The Morgan fingerprint density at radius 3 is 2.56 bits per heavy atom. The second-order valence-corrected chi connectivity index (χ2v) is 4.34. The molecule has 1 aromatic rings. The molecule has 0 bridgehead atoms. The number of amides is 1. The summed E-state index contributed by atoms with van der Waals surface area (Å²) in [4.78, 5) is 11.9. The Bertz CT molecular complexity index is 333. The Balaban J connectivity index is 2.58. The highest BCUT2D eigenvalue weighted by atomic mass is 16.2. The molecule has 0 radical (unpaired) electrons. The summed E-state index contributed by atoms with van der Waals surface area (Å²) >= 11 is 0. The smallest absolute Gasteiger partial charge is 0.244 e. The first kappa shape index (κ1) is 12.7. The lowest BCUT2D eigenvalue weighted by Crippen LogP contribution is -2.48. The zero-order valence-electron chi connectivity index (χ0n) is 9.99. The van der Waals surface area contributed by atoms with Gasteiger partial charge < -0.3 is 11.1 Å². The third-order valence-corrected chi connectivity index (χ3v) is 2.60. The van der Waals surface area contributed by atoms with E-state index in [4.69, 9.17) is 5.73 Å². The van der Waals surface area contributed by atoms with E-state index in [1.807, 2.05) is 30.3 Å². The molecule has 1 rings (SSSR count). The molecule has 3 heteroatoms. The highest BCUT2D eigenvalue weighted by Crippen LogP contribution is 2.14. The molecule has 0 heterocycles. The predicted molar refractivity (Wildman–Crippen MR) is 67.2 cm³/mol. The molecule has 0 spiro atoms. The molecule has 0 aliphatic rings. The van der Waals surface area contributed by atoms with Gasteiger partial charge in [0.1, 0.15) is 0 Å². The first-order chi connectivity index (χ1) is 7.56. The lowest BCUT2D eigenvalue weighted by atomic mass is 9.95. The Kier molecular flexibility index (Phi) is 4.50. The summed E-state index contributed by atoms with van der Waals surface area (Å²) in [6, 6.07) is 9.39. The predicted octanol–water partition coefficient (Wildman–Crippen LogP) is 2.53. The van der Waals surface area contributed by atoms with E-state index < -0.39 is 5.54 Å². The van der Waals surface area contributed by atoms with E-state index in [1.165, 1.54) is 0 Å². The normalized spacial score (nSPS) is 14.2. The molecule has 0 aliphatic carbocycles. The van der Waals surface area contributed by atoms with Gasteiger partial charge in [-0.05, 0) is 25.5 Å². The van der Waals surface area contributed by atoms with Crippen molar-refractivity contribution in [1.29, 1.82) is 0 Å². The molecule has 0 aromatic heterocycles. The number of rotatable bonds is 5. The van der Waals surface area contributed by atoms with Crippen molar-refractivity contribution >= 4 is 11.6 Å². The molecule has 0 aliphatic heterocycles. The van der Waals surface area contributed by atoms with Crippen molar-refractivity contribution in [1.82, 2.24) is 0 Å². The number of nitrogens with two attached hydrogens (primary N) is 1. The molecule has 0 fully saturated rings. The quantitative estimate of drug-likeness (QED) is 0.801. The maximum atomic E-state index is 11.9. The van der Waals surface area contributed by atoms with Crippen LogP contribution in [-0.4, -0.2) is 11.4 Å². The Hall–Kier alpha value is -1.35. The Morgan fingerprint density at radius 1 is 1.38 bits per heavy atom.